The van der Waals surface area contributed by atoms with Crippen molar-refractivity contribution in [1.29, 1.82) is 0 Å². The molecular weight excluding hydrogens is 157 g/mol. The van der Waals surface area contributed by atoms with Crippen LogP contribution in [0.4, 0.5) is 4.39 Å². The molecule has 0 bridgehead atoms. The van der Waals surface area contributed by atoms with E-state index in [0.717, 1.165) is 19.4 Å². The van der Waals surface area contributed by atoms with Gasteiger partial charge in [0.15, 0.2) is 11.6 Å². The molecule has 2 nitrogen and oxygen atoms in total. The highest BCUT2D eigenvalue weighted by Gasteiger charge is 2.19. The van der Waals surface area contributed by atoms with Gasteiger partial charge in [-0.3, -0.25) is 9.69 Å². The van der Waals surface area contributed by atoms with Crippen LogP contribution >= 0.6 is 0 Å². The van der Waals surface area contributed by atoms with Crippen LogP contribution in [0.1, 0.15) is 19.8 Å². The van der Waals surface area contributed by atoms with E-state index in [0.29, 0.717) is 0 Å². The van der Waals surface area contributed by atoms with E-state index in [2.05, 4.69) is 4.90 Å². The van der Waals surface area contributed by atoms with Crippen LogP contribution in [-0.4, -0.2) is 30.3 Å². The lowest BCUT2D eigenvalue weighted by Gasteiger charge is -2.14. The first-order chi connectivity index (χ1) is 5.61. The van der Waals surface area contributed by atoms with Crippen molar-refractivity contribution in [2.24, 2.45) is 0 Å². The summed E-state index contributed by atoms with van der Waals surface area (Å²) < 4.78 is 12.8. The lowest BCUT2D eigenvalue weighted by Crippen LogP contribution is -2.23. The van der Waals surface area contributed by atoms with Gasteiger partial charge in [-0.1, -0.05) is 0 Å². The van der Waals surface area contributed by atoms with E-state index in [9.17, 15) is 9.18 Å². The molecule has 0 amide bonds. The molecule has 12 heavy (non-hydrogen) atoms. The Bertz CT molecular complexity index is 213. The molecule has 0 aromatic heterocycles. The lowest BCUT2D eigenvalue weighted by atomic mass is 10.2. The average Bonchev–Trinajstić information content (AvgIpc) is 2.36. The summed E-state index contributed by atoms with van der Waals surface area (Å²) in [5, 5.41) is 0. The van der Waals surface area contributed by atoms with Gasteiger partial charge in [0.2, 0.25) is 0 Å². The van der Waals surface area contributed by atoms with Crippen LogP contribution in [0.15, 0.2) is 11.9 Å². The number of hydrogen-bond acceptors (Lipinski definition) is 2. The van der Waals surface area contributed by atoms with Gasteiger partial charge < -0.3 is 0 Å². The van der Waals surface area contributed by atoms with Crippen LogP contribution in [0, 0.1) is 0 Å². The fraction of sp³-hybridized carbons (Fsp3) is 0.667. The number of hydrogen-bond donors (Lipinski definition) is 0. The van der Waals surface area contributed by atoms with Crippen molar-refractivity contribution in [3.63, 3.8) is 0 Å². The van der Waals surface area contributed by atoms with Gasteiger partial charge in [0, 0.05) is 13.0 Å². The Morgan fingerprint density at radius 1 is 1.67 bits per heavy atom. The highest BCUT2D eigenvalue weighted by molar-refractivity contribution is 5.90. The number of ketones is 1. The fourth-order valence-corrected chi connectivity index (χ4v) is 1.43. The predicted molar refractivity (Wildman–Crippen MR) is 45.5 cm³/mol. The first-order valence-corrected chi connectivity index (χ1v) is 4.20. The van der Waals surface area contributed by atoms with Crippen LogP contribution in [-0.2, 0) is 4.79 Å². The fourth-order valence-electron chi connectivity index (χ4n) is 1.43. The van der Waals surface area contributed by atoms with Crippen molar-refractivity contribution in [3.05, 3.63) is 11.9 Å². The number of halogens is 1. The number of allylic oxidation sites excluding steroid dienone is 1. The molecule has 1 rings (SSSR count). The standard InChI is InChI=1S/C9H14FNO/c1-7(12)9(10)6-8-4-3-5-11(8)2/h6,8H,3-5H2,1-2H3/b9-6+/t8-/m0/s1. The molecule has 0 unspecified atom stereocenters. The lowest BCUT2D eigenvalue weighted by molar-refractivity contribution is -0.115. The SMILES string of the molecule is CC(=O)/C(F)=C\[C@@H]1CCCN1C. The van der Waals surface area contributed by atoms with E-state index < -0.39 is 11.6 Å². The van der Waals surface area contributed by atoms with E-state index in [1.807, 2.05) is 7.05 Å². The minimum atomic E-state index is -0.603. The molecule has 1 atom stereocenters. The minimum Gasteiger partial charge on any atom is -0.300 e. The number of carbonyl (C=O) groups excluding carboxylic acids is 1. The third-order valence-electron chi connectivity index (χ3n) is 2.25. The number of likely N-dealkylation sites (tertiary alicyclic amines) is 1. The van der Waals surface area contributed by atoms with Crippen LogP contribution in [0.3, 0.4) is 0 Å². The summed E-state index contributed by atoms with van der Waals surface area (Å²) in [6, 6.07) is 0.119. The van der Waals surface area contributed by atoms with E-state index >= 15 is 0 Å². The third-order valence-corrected chi connectivity index (χ3v) is 2.25. The smallest absolute Gasteiger partial charge is 0.187 e. The van der Waals surface area contributed by atoms with Gasteiger partial charge in [-0.2, -0.15) is 0 Å². The second-order valence-corrected chi connectivity index (χ2v) is 3.26. The second-order valence-electron chi connectivity index (χ2n) is 3.26. The summed E-state index contributed by atoms with van der Waals surface area (Å²) in [6.45, 7) is 2.24. The molecule has 0 aliphatic carbocycles. The molecule has 1 aliphatic heterocycles. The van der Waals surface area contributed by atoms with Crippen molar-refractivity contribution in [2.45, 2.75) is 25.8 Å². The highest BCUT2D eigenvalue weighted by Crippen LogP contribution is 2.17. The summed E-state index contributed by atoms with van der Waals surface area (Å²) in [7, 11) is 1.95. The molecular formula is C9H14FNO. The maximum absolute atomic E-state index is 12.8. The first kappa shape index (κ1) is 9.39. The van der Waals surface area contributed by atoms with Crippen molar-refractivity contribution < 1.29 is 9.18 Å². The molecule has 1 fully saturated rings. The summed E-state index contributed by atoms with van der Waals surface area (Å²) in [4.78, 5) is 12.6. The Balaban J connectivity index is 2.59. The zero-order chi connectivity index (χ0) is 9.14. The van der Waals surface area contributed by atoms with E-state index in [4.69, 9.17) is 0 Å². The molecule has 3 heteroatoms. The third kappa shape index (κ3) is 2.14. The molecule has 0 spiro atoms. The topological polar surface area (TPSA) is 20.3 Å². The normalized spacial score (nSPS) is 26.2. The van der Waals surface area contributed by atoms with Crippen LogP contribution in [0.2, 0.25) is 0 Å². The van der Waals surface area contributed by atoms with Gasteiger partial charge in [-0.15, -0.1) is 0 Å². The maximum atomic E-state index is 12.8. The number of carbonyl (C=O) groups is 1. The Hall–Kier alpha value is -0.700. The predicted octanol–water partition coefficient (Wildman–Crippen LogP) is 1.52. The van der Waals surface area contributed by atoms with E-state index in [1.54, 1.807) is 0 Å². The van der Waals surface area contributed by atoms with Gasteiger partial charge in [-0.05, 0) is 32.5 Å². The Morgan fingerprint density at radius 3 is 2.75 bits per heavy atom. The van der Waals surface area contributed by atoms with Gasteiger partial charge in [0.25, 0.3) is 0 Å². The Kier molecular flexibility index (Phi) is 2.98. The van der Waals surface area contributed by atoms with Gasteiger partial charge in [0.1, 0.15) is 0 Å². The number of rotatable bonds is 2. The monoisotopic (exact) mass is 171 g/mol. The van der Waals surface area contributed by atoms with Crippen LogP contribution in [0.25, 0.3) is 0 Å². The first-order valence-electron chi connectivity index (χ1n) is 4.20. The quantitative estimate of drug-likeness (QED) is 0.587. The summed E-state index contributed by atoms with van der Waals surface area (Å²) in [5.41, 5.74) is 0. The average molecular weight is 171 g/mol. The molecule has 0 radical (unpaired) electrons. The van der Waals surface area contributed by atoms with E-state index in [-0.39, 0.29) is 6.04 Å². The molecule has 0 N–H and O–H groups in total. The number of likely N-dealkylation sites (N-methyl/N-ethyl adjacent to an activating group) is 1. The van der Waals surface area contributed by atoms with Crippen molar-refractivity contribution in [2.75, 3.05) is 13.6 Å². The van der Waals surface area contributed by atoms with Gasteiger partial charge in [-0.25, -0.2) is 4.39 Å². The van der Waals surface area contributed by atoms with Crippen molar-refractivity contribution in [3.8, 4) is 0 Å². The molecule has 0 aromatic rings. The van der Waals surface area contributed by atoms with Gasteiger partial charge >= 0.3 is 0 Å². The molecule has 1 aliphatic rings. The molecule has 1 saturated heterocycles. The molecule has 0 aromatic carbocycles. The molecule has 0 saturated carbocycles. The van der Waals surface area contributed by atoms with Crippen LogP contribution in [0.5, 0.6) is 0 Å². The zero-order valence-electron chi connectivity index (χ0n) is 7.51. The van der Waals surface area contributed by atoms with Gasteiger partial charge in [0.05, 0.1) is 0 Å². The Labute approximate surface area is 72.1 Å². The zero-order valence-corrected chi connectivity index (χ0v) is 7.51. The Morgan fingerprint density at radius 2 is 2.33 bits per heavy atom. The largest absolute Gasteiger partial charge is 0.300 e. The summed E-state index contributed by atoms with van der Waals surface area (Å²) in [5.74, 6) is -1.08. The highest BCUT2D eigenvalue weighted by atomic mass is 19.1. The molecule has 68 valence electrons. The number of Topliss-reactive ketones (excluding diaryl/α,β-unsaturated/α-hetero) is 1. The van der Waals surface area contributed by atoms with Crippen LogP contribution < -0.4 is 0 Å². The number of nitrogens with zero attached hydrogens (tertiary/aromatic N) is 1. The van der Waals surface area contributed by atoms with E-state index in [1.165, 1.54) is 13.0 Å². The summed E-state index contributed by atoms with van der Waals surface area (Å²) >= 11 is 0. The second kappa shape index (κ2) is 3.81. The maximum Gasteiger partial charge on any atom is 0.187 e. The summed E-state index contributed by atoms with van der Waals surface area (Å²) in [6.07, 6.45) is 3.47. The van der Waals surface area contributed by atoms with Crippen molar-refractivity contribution >= 4 is 5.78 Å². The molecule has 1 heterocycles. The van der Waals surface area contributed by atoms with Crippen molar-refractivity contribution in [1.82, 2.24) is 4.90 Å². The minimum absolute atomic E-state index is 0.119.